The smallest absolute Gasteiger partial charge is 0.251 e. The summed E-state index contributed by atoms with van der Waals surface area (Å²) in [6.45, 7) is 6.64. The van der Waals surface area contributed by atoms with Gasteiger partial charge in [-0.2, -0.15) is 0 Å². The van der Waals surface area contributed by atoms with Crippen molar-refractivity contribution >= 4 is 5.91 Å². The maximum Gasteiger partial charge on any atom is 0.251 e. The van der Waals surface area contributed by atoms with Crippen molar-refractivity contribution in [3.8, 4) is 11.8 Å². The predicted octanol–water partition coefficient (Wildman–Crippen LogP) is 3.89. The molecular formula is C28H33FN2O3. The van der Waals surface area contributed by atoms with Crippen LogP contribution >= 0.6 is 0 Å². The molecule has 0 radical (unpaired) electrons. The molecule has 1 amide bonds. The first-order valence-electron chi connectivity index (χ1n) is 12.0. The maximum atomic E-state index is 13.3. The van der Waals surface area contributed by atoms with Crippen molar-refractivity contribution in [1.82, 2.24) is 10.2 Å². The van der Waals surface area contributed by atoms with Crippen LogP contribution in [0.3, 0.4) is 0 Å². The van der Waals surface area contributed by atoms with E-state index in [0.717, 1.165) is 50.9 Å². The summed E-state index contributed by atoms with van der Waals surface area (Å²) in [5.74, 6) is 5.17. The zero-order chi connectivity index (χ0) is 24.2. The molecule has 1 atom stereocenters. The van der Waals surface area contributed by atoms with Crippen LogP contribution in [0.2, 0.25) is 0 Å². The normalized spacial score (nSPS) is 20.1. The van der Waals surface area contributed by atoms with Crippen molar-refractivity contribution in [2.24, 2.45) is 0 Å². The van der Waals surface area contributed by atoms with Crippen LogP contribution < -0.4 is 5.32 Å². The van der Waals surface area contributed by atoms with Gasteiger partial charge in [-0.3, -0.25) is 9.69 Å². The van der Waals surface area contributed by atoms with E-state index in [-0.39, 0.29) is 17.6 Å². The second-order valence-electron chi connectivity index (χ2n) is 9.96. The molecule has 2 N–H and O–H groups in total. The van der Waals surface area contributed by atoms with E-state index >= 15 is 0 Å². The molecule has 2 aliphatic heterocycles. The number of ether oxygens (including phenoxy) is 1. The molecular weight excluding hydrogens is 431 g/mol. The number of likely N-dealkylation sites (tertiary alicyclic amines) is 1. The van der Waals surface area contributed by atoms with Gasteiger partial charge in [0.05, 0.1) is 11.7 Å². The lowest BCUT2D eigenvalue weighted by molar-refractivity contribution is -0.0764. The minimum absolute atomic E-state index is 0.00149. The van der Waals surface area contributed by atoms with Crippen LogP contribution in [0.4, 0.5) is 4.39 Å². The Labute approximate surface area is 201 Å². The van der Waals surface area contributed by atoms with Gasteiger partial charge >= 0.3 is 0 Å². The number of carbonyl (C=O) groups is 1. The highest BCUT2D eigenvalue weighted by Gasteiger charge is 2.42. The van der Waals surface area contributed by atoms with E-state index in [1.807, 2.05) is 12.1 Å². The third kappa shape index (κ3) is 6.66. The molecule has 6 heteroatoms. The second-order valence-corrected chi connectivity index (χ2v) is 9.96. The molecule has 2 saturated heterocycles. The molecule has 0 aromatic heterocycles. The zero-order valence-corrected chi connectivity index (χ0v) is 19.9. The van der Waals surface area contributed by atoms with E-state index in [4.69, 9.17) is 4.74 Å². The minimum atomic E-state index is -0.989. The molecule has 4 rings (SSSR count). The SMILES string of the molecule is CC(C)(O)C#Cc1ccc(CN2CCC3(CCC(CNC(=O)c4cccc(F)c4)O3)CC2)cc1. The number of hydrogen-bond acceptors (Lipinski definition) is 4. The summed E-state index contributed by atoms with van der Waals surface area (Å²) < 4.78 is 19.8. The average molecular weight is 465 g/mol. The summed E-state index contributed by atoms with van der Waals surface area (Å²) in [5.41, 5.74) is 1.39. The molecule has 2 aromatic carbocycles. The molecule has 34 heavy (non-hydrogen) atoms. The Balaban J connectivity index is 1.22. The van der Waals surface area contributed by atoms with Crippen molar-refractivity contribution in [2.75, 3.05) is 19.6 Å². The van der Waals surface area contributed by atoms with Gasteiger partial charge in [-0.1, -0.05) is 30.0 Å². The van der Waals surface area contributed by atoms with Crippen molar-refractivity contribution < 1.29 is 19.0 Å². The number of carbonyl (C=O) groups excluding carboxylic acids is 1. The Hall–Kier alpha value is -2.72. The number of nitrogens with one attached hydrogen (secondary N) is 1. The number of nitrogens with zero attached hydrogens (tertiary/aromatic N) is 1. The van der Waals surface area contributed by atoms with Crippen molar-refractivity contribution in [3.05, 3.63) is 71.0 Å². The van der Waals surface area contributed by atoms with Gasteiger partial charge in [0, 0.05) is 37.3 Å². The Kier molecular flexibility index (Phi) is 7.37. The first-order valence-corrected chi connectivity index (χ1v) is 12.0. The lowest BCUT2D eigenvalue weighted by atomic mass is 9.88. The molecule has 2 fully saturated rings. The van der Waals surface area contributed by atoms with E-state index < -0.39 is 11.4 Å². The highest BCUT2D eigenvalue weighted by atomic mass is 19.1. The molecule has 2 aromatic rings. The van der Waals surface area contributed by atoms with Crippen LogP contribution in [0, 0.1) is 17.7 Å². The van der Waals surface area contributed by atoms with Crippen LogP contribution in [-0.4, -0.2) is 52.9 Å². The number of benzene rings is 2. The van der Waals surface area contributed by atoms with Gasteiger partial charge in [0.1, 0.15) is 11.4 Å². The molecule has 0 bridgehead atoms. The molecule has 0 aliphatic carbocycles. The average Bonchev–Trinajstić information content (AvgIpc) is 3.21. The molecule has 2 aliphatic rings. The Morgan fingerprint density at radius 2 is 1.94 bits per heavy atom. The Morgan fingerprint density at radius 1 is 1.21 bits per heavy atom. The third-order valence-electron chi connectivity index (χ3n) is 6.56. The quantitative estimate of drug-likeness (QED) is 0.659. The third-order valence-corrected chi connectivity index (χ3v) is 6.56. The fourth-order valence-electron chi connectivity index (χ4n) is 4.64. The van der Waals surface area contributed by atoms with E-state index in [1.165, 1.54) is 17.7 Å². The maximum absolute atomic E-state index is 13.3. The largest absolute Gasteiger partial charge is 0.378 e. The van der Waals surface area contributed by atoms with Gasteiger partial charge < -0.3 is 15.2 Å². The van der Waals surface area contributed by atoms with Gasteiger partial charge in [-0.05, 0) is 75.4 Å². The Bertz CT molecular complexity index is 1060. The number of rotatable bonds is 5. The van der Waals surface area contributed by atoms with E-state index in [0.29, 0.717) is 12.1 Å². The van der Waals surface area contributed by atoms with E-state index in [1.54, 1.807) is 26.0 Å². The van der Waals surface area contributed by atoms with Gasteiger partial charge in [-0.25, -0.2) is 4.39 Å². The topological polar surface area (TPSA) is 61.8 Å². The molecule has 1 unspecified atom stereocenters. The predicted molar refractivity (Wildman–Crippen MR) is 130 cm³/mol. The summed E-state index contributed by atoms with van der Waals surface area (Å²) in [4.78, 5) is 14.7. The minimum Gasteiger partial charge on any atom is -0.378 e. The molecule has 2 heterocycles. The van der Waals surface area contributed by atoms with Gasteiger partial charge in [0.15, 0.2) is 0 Å². The standard InChI is InChI=1S/C28H33FN2O3/c1-27(2,33)12-10-21-6-8-22(9-7-21)20-31-16-14-28(15-17-31)13-11-25(34-28)19-30-26(32)23-4-3-5-24(29)18-23/h3-9,18,25,33H,11,13-17,19-20H2,1-2H3,(H,30,32). The summed E-state index contributed by atoms with van der Waals surface area (Å²) in [7, 11) is 0. The van der Waals surface area contributed by atoms with E-state index in [9.17, 15) is 14.3 Å². The highest BCUT2D eigenvalue weighted by molar-refractivity contribution is 5.94. The molecule has 1 spiro atoms. The van der Waals surface area contributed by atoms with Crippen LogP contribution in [-0.2, 0) is 11.3 Å². The number of amides is 1. The highest BCUT2D eigenvalue weighted by Crippen LogP contribution is 2.39. The lowest BCUT2D eigenvalue weighted by Crippen LogP contribution is -2.44. The van der Waals surface area contributed by atoms with E-state index in [2.05, 4.69) is 34.2 Å². The first-order chi connectivity index (χ1) is 16.2. The van der Waals surface area contributed by atoms with Gasteiger partial charge in [0.2, 0.25) is 0 Å². The molecule has 5 nitrogen and oxygen atoms in total. The number of hydrogen-bond donors (Lipinski definition) is 2. The van der Waals surface area contributed by atoms with Crippen LogP contribution in [0.25, 0.3) is 0 Å². The van der Waals surface area contributed by atoms with Crippen LogP contribution in [0.1, 0.15) is 61.0 Å². The fourth-order valence-corrected chi connectivity index (χ4v) is 4.64. The van der Waals surface area contributed by atoms with Crippen molar-refractivity contribution in [2.45, 2.75) is 63.4 Å². The second kappa shape index (κ2) is 10.3. The van der Waals surface area contributed by atoms with Crippen molar-refractivity contribution in [3.63, 3.8) is 0 Å². The van der Waals surface area contributed by atoms with Gasteiger partial charge in [0.25, 0.3) is 5.91 Å². The molecule has 0 saturated carbocycles. The summed E-state index contributed by atoms with van der Waals surface area (Å²) in [6, 6.07) is 13.9. The Morgan fingerprint density at radius 3 is 2.62 bits per heavy atom. The molecule has 180 valence electrons. The van der Waals surface area contributed by atoms with Crippen LogP contribution in [0.5, 0.6) is 0 Å². The number of piperidine rings is 1. The van der Waals surface area contributed by atoms with Crippen molar-refractivity contribution in [1.29, 1.82) is 0 Å². The first kappa shape index (κ1) is 24.4. The number of aliphatic hydroxyl groups is 1. The summed E-state index contributed by atoms with van der Waals surface area (Å²) in [6.07, 6.45) is 3.90. The summed E-state index contributed by atoms with van der Waals surface area (Å²) >= 11 is 0. The lowest BCUT2D eigenvalue weighted by Gasteiger charge is -2.39. The van der Waals surface area contributed by atoms with Crippen LogP contribution in [0.15, 0.2) is 48.5 Å². The number of halogens is 1. The fraction of sp³-hybridized carbons (Fsp3) is 0.464. The monoisotopic (exact) mass is 464 g/mol. The van der Waals surface area contributed by atoms with Gasteiger partial charge in [-0.15, -0.1) is 0 Å². The summed E-state index contributed by atoms with van der Waals surface area (Å²) in [5, 5.41) is 12.6. The zero-order valence-electron chi connectivity index (χ0n) is 19.9.